The number of hydrogen-bond acceptors (Lipinski definition) is 5. The molecule has 8 heteroatoms. The summed E-state index contributed by atoms with van der Waals surface area (Å²) in [5.74, 6) is -1.40. The zero-order valence-electron chi connectivity index (χ0n) is 14.8. The van der Waals surface area contributed by atoms with Gasteiger partial charge >= 0.3 is 11.9 Å². The predicted octanol–water partition coefficient (Wildman–Crippen LogP) is 2.01. The van der Waals surface area contributed by atoms with Crippen molar-refractivity contribution in [3.63, 3.8) is 0 Å². The SMILES string of the molecule is CCOC(=O)Cc1ccc(CCNS(=O)(=O)c2ccc(C(=O)O)cc2)cc1. The highest BCUT2D eigenvalue weighted by molar-refractivity contribution is 7.89. The normalized spacial score (nSPS) is 11.1. The van der Waals surface area contributed by atoms with Gasteiger partial charge in [0.25, 0.3) is 0 Å². The first kappa shape index (κ1) is 20.6. The van der Waals surface area contributed by atoms with Gasteiger partial charge in [0.2, 0.25) is 10.0 Å². The number of rotatable bonds is 9. The zero-order chi connectivity index (χ0) is 19.9. The molecular formula is C19H21NO6S. The van der Waals surface area contributed by atoms with Crippen molar-refractivity contribution in [1.82, 2.24) is 4.72 Å². The second kappa shape index (κ2) is 9.29. The predicted molar refractivity (Wildman–Crippen MR) is 99.1 cm³/mol. The minimum Gasteiger partial charge on any atom is -0.478 e. The standard InChI is InChI=1S/C19H21NO6S/c1-2-26-18(21)13-15-5-3-14(4-6-15)11-12-20-27(24,25)17-9-7-16(8-10-17)19(22)23/h3-10,20H,2,11-13H2,1H3,(H,22,23). The number of hydrogen-bond donors (Lipinski definition) is 2. The van der Waals surface area contributed by atoms with Crippen molar-refractivity contribution in [1.29, 1.82) is 0 Å². The molecule has 0 fully saturated rings. The Morgan fingerprint density at radius 3 is 2.15 bits per heavy atom. The van der Waals surface area contributed by atoms with Crippen LogP contribution < -0.4 is 4.72 Å². The van der Waals surface area contributed by atoms with Crippen molar-refractivity contribution in [2.75, 3.05) is 13.2 Å². The third-order valence-corrected chi connectivity index (χ3v) is 5.27. The number of carbonyl (C=O) groups is 2. The lowest BCUT2D eigenvalue weighted by Gasteiger charge is -2.08. The fourth-order valence-electron chi connectivity index (χ4n) is 2.39. The van der Waals surface area contributed by atoms with E-state index in [1.165, 1.54) is 24.3 Å². The summed E-state index contributed by atoms with van der Waals surface area (Å²) in [5, 5.41) is 8.85. The molecule has 0 aliphatic rings. The van der Waals surface area contributed by atoms with Crippen LogP contribution in [0, 0.1) is 0 Å². The summed E-state index contributed by atoms with van der Waals surface area (Å²) >= 11 is 0. The number of nitrogens with one attached hydrogen (secondary N) is 1. The molecule has 0 radical (unpaired) electrons. The first-order valence-electron chi connectivity index (χ1n) is 8.38. The van der Waals surface area contributed by atoms with Crippen LogP contribution in [0.2, 0.25) is 0 Å². The second-order valence-electron chi connectivity index (χ2n) is 5.78. The summed E-state index contributed by atoms with van der Waals surface area (Å²) in [6, 6.07) is 12.3. The number of carboxylic acids is 1. The highest BCUT2D eigenvalue weighted by Crippen LogP contribution is 2.11. The Balaban J connectivity index is 1.89. The van der Waals surface area contributed by atoms with E-state index in [0.717, 1.165) is 11.1 Å². The van der Waals surface area contributed by atoms with E-state index in [-0.39, 0.29) is 29.4 Å². The fraction of sp³-hybridized carbons (Fsp3) is 0.263. The van der Waals surface area contributed by atoms with Crippen LogP contribution in [0.5, 0.6) is 0 Å². The molecular weight excluding hydrogens is 370 g/mol. The van der Waals surface area contributed by atoms with E-state index in [2.05, 4.69) is 4.72 Å². The second-order valence-corrected chi connectivity index (χ2v) is 7.54. The summed E-state index contributed by atoms with van der Waals surface area (Å²) < 4.78 is 31.8. The van der Waals surface area contributed by atoms with Gasteiger partial charge in [-0.2, -0.15) is 0 Å². The summed E-state index contributed by atoms with van der Waals surface area (Å²) in [6.45, 7) is 2.29. The van der Waals surface area contributed by atoms with Crippen molar-refractivity contribution < 1.29 is 27.9 Å². The Morgan fingerprint density at radius 1 is 1.00 bits per heavy atom. The van der Waals surface area contributed by atoms with Gasteiger partial charge in [0, 0.05) is 6.54 Å². The van der Waals surface area contributed by atoms with E-state index in [1.807, 2.05) is 24.3 Å². The summed E-state index contributed by atoms with van der Waals surface area (Å²) in [4.78, 5) is 22.3. The number of carbonyl (C=O) groups excluding carboxylic acids is 1. The Kier molecular flexibility index (Phi) is 7.09. The molecule has 0 heterocycles. The van der Waals surface area contributed by atoms with Gasteiger partial charge in [-0.05, 0) is 48.7 Å². The summed E-state index contributed by atoms with van der Waals surface area (Å²) in [6.07, 6.45) is 0.680. The van der Waals surface area contributed by atoms with Crippen LogP contribution in [-0.4, -0.2) is 38.6 Å². The van der Waals surface area contributed by atoms with Crippen molar-refractivity contribution in [3.8, 4) is 0 Å². The third kappa shape index (κ3) is 6.19. The molecule has 2 aromatic rings. The summed E-state index contributed by atoms with van der Waals surface area (Å²) in [7, 11) is -3.71. The Labute approximate surface area is 158 Å². The van der Waals surface area contributed by atoms with Crippen molar-refractivity contribution in [2.24, 2.45) is 0 Å². The monoisotopic (exact) mass is 391 g/mol. The van der Waals surface area contributed by atoms with Crippen molar-refractivity contribution >= 4 is 22.0 Å². The van der Waals surface area contributed by atoms with Gasteiger partial charge in [-0.15, -0.1) is 0 Å². The van der Waals surface area contributed by atoms with E-state index in [1.54, 1.807) is 6.92 Å². The van der Waals surface area contributed by atoms with Crippen LogP contribution in [0.1, 0.15) is 28.4 Å². The van der Waals surface area contributed by atoms with E-state index < -0.39 is 16.0 Å². The lowest BCUT2D eigenvalue weighted by atomic mass is 10.1. The molecule has 0 aliphatic carbocycles. The molecule has 0 atom stereocenters. The molecule has 7 nitrogen and oxygen atoms in total. The van der Waals surface area contributed by atoms with Gasteiger partial charge in [0.15, 0.2) is 0 Å². The molecule has 0 saturated heterocycles. The van der Waals surface area contributed by atoms with Gasteiger partial charge in [0.1, 0.15) is 0 Å². The minimum absolute atomic E-state index is 0.0114. The number of aromatic carboxylic acids is 1. The van der Waals surface area contributed by atoms with Crippen LogP contribution in [0.3, 0.4) is 0 Å². The lowest BCUT2D eigenvalue weighted by Crippen LogP contribution is -2.26. The molecule has 0 amide bonds. The fourth-order valence-corrected chi connectivity index (χ4v) is 3.42. The van der Waals surface area contributed by atoms with Crippen molar-refractivity contribution in [3.05, 3.63) is 65.2 Å². The highest BCUT2D eigenvalue weighted by atomic mass is 32.2. The van der Waals surface area contributed by atoms with Gasteiger partial charge in [-0.3, -0.25) is 4.79 Å². The minimum atomic E-state index is -3.71. The van der Waals surface area contributed by atoms with Crippen LogP contribution in [0.15, 0.2) is 53.4 Å². The molecule has 0 bridgehead atoms. The van der Waals surface area contributed by atoms with Gasteiger partial charge in [-0.1, -0.05) is 24.3 Å². The number of sulfonamides is 1. The maximum Gasteiger partial charge on any atom is 0.335 e. The first-order chi connectivity index (χ1) is 12.8. The van der Waals surface area contributed by atoms with Crippen LogP contribution in [0.25, 0.3) is 0 Å². The molecule has 2 rings (SSSR count). The molecule has 0 spiro atoms. The molecule has 27 heavy (non-hydrogen) atoms. The molecule has 0 saturated carbocycles. The Bertz CT molecular complexity index is 889. The van der Waals surface area contributed by atoms with Crippen LogP contribution in [-0.2, 0) is 32.4 Å². The van der Waals surface area contributed by atoms with Gasteiger partial charge < -0.3 is 9.84 Å². The molecule has 144 valence electrons. The van der Waals surface area contributed by atoms with Gasteiger partial charge in [0.05, 0.1) is 23.5 Å². The average Bonchev–Trinajstić information content (AvgIpc) is 2.63. The zero-order valence-corrected chi connectivity index (χ0v) is 15.7. The molecule has 2 aromatic carbocycles. The Hall–Kier alpha value is -2.71. The quantitative estimate of drug-likeness (QED) is 0.633. The van der Waals surface area contributed by atoms with Crippen molar-refractivity contribution in [2.45, 2.75) is 24.7 Å². The number of carboxylic acid groups (broad SMARTS) is 1. The maximum absolute atomic E-state index is 12.2. The molecule has 0 aromatic heterocycles. The average molecular weight is 391 g/mol. The highest BCUT2D eigenvalue weighted by Gasteiger charge is 2.14. The van der Waals surface area contributed by atoms with E-state index in [0.29, 0.717) is 13.0 Å². The first-order valence-corrected chi connectivity index (χ1v) is 9.86. The summed E-state index contributed by atoms with van der Waals surface area (Å²) in [5.41, 5.74) is 1.78. The number of ether oxygens (including phenoxy) is 1. The molecule has 0 unspecified atom stereocenters. The van der Waals surface area contributed by atoms with Crippen LogP contribution in [0.4, 0.5) is 0 Å². The lowest BCUT2D eigenvalue weighted by molar-refractivity contribution is -0.142. The van der Waals surface area contributed by atoms with E-state index in [9.17, 15) is 18.0 Å². The number of esters is 1. The van der Waals surface area contributed by atoms with E-state index in [4.69, 9.17) is 9.84 Å². The molecule has 2 N–H and O–H groups in total. The largest absolute Gasteiger partial charge is 0.478 e. The number of benzene rings is 2. The van der Waals surface area contributed by atoms with Crippen LogP contribution >= 0.6 is 0 Å². The topological polar surface area (TPSA) is 110 Å². The maximum atomic E-state index is 12.2. The Morgan fingerprint density at radius 2 is 1.59 bits per heavy atom. The van der Waals surface area contributed by atoms with Gasteiger partial charge in [-0.25, -0.2) is 17.9 Å². The van der Waals surface area contributed by atoms with E-state index >= 15 is 0 Å². The smallest absolute Gasteiger partial charge is 0.335 e. The molecule has 0 aliphatic heterocycles. The third-order valence-electron chi connectivity index (χ3n) is 3.79.